The Morgan fingerprint density at radius 3 is 2.33 bits per heavy atom. The highest BCUT2D eigenvalue weighted by molar-refractivity contribution is 7.88. The van der Waals surface area contributed by atoms with Crippen molar-refractivity contribution in [2.45, 2.75) is 19.2 Å². The number of nitrogens with zero attached hydrogens (tertiary/aromatic N) is 2. The topological polar surface area (TPSA) is 64.0 Å². The van der Waals surface area contributed by atoms with Gasteiger partial charge in [-0.15, -0.1) is 0 Å². The molecule has 0 aliphatic rings. The summed E-state index contributed by atoms with van der Waals surface area (Å²) in [5, 5.41) is 0. The molecule has 0 bridgehead atoms. The lowest BCUT2D eigenvalue weighted by atomic mass is 10.2. The van der Waals surface area contributed by atoms with Crippen LogP contribution in [0.2, 0.25) is 0 Å². The van der Waals surface area contributed by atoms with Crippen molar-refractivity contribution in [1.82, 2.24) is 14.3 Å². The van der Waals surface area contributed by atoms with Crippen LogP contribution < -0.4 is 4.72 Å². The van der Waals surface area contributed by atoms with Gasteiger partial charge in [-0.3, -0.25) is 0 Å². The van der Waals surface area contributed by atoms with Crippen LogP contribution in [0.5, 0.6) is 0 Å². The predicted octanol–water partition coefficient (Wildman–Crippen LogP) is 2.80. The molecule has 3 aromatic rings. The Bertz CT molecular complexity index is 901. The summed E-state index contributed by atoms with van der Waals surface area (Å²) in [6, 6.07) is 16.9. The maximum atomic E-state index is 12.1. The van der Waals surface area contributed by atoms with Crippen LogP contribution in [0.1, 0.15) is 17.0 Å². The van der Waals surface area contributed by atoms with E-state index in [9.17, 15) is 8.42 Å². The van der Waals surface area contributed by atoms with E-state index >= 15 is 0 Å². The Morgan fingerprint density at radius 1 is 1.00 bits per heavy atom. The molecule has 1 heterocycles. The zero-order valence-corrected chi connectivity index (χ0v) is 14.2. The molecule has 5 nitrogen and oxygen atoms in total. The first-order valence-electron chi connectivity index (χ1n) is 7.64. The van der Waals surface area contributed by atoms with Crippen LogP contribution in [-0.2, 0) is 22.3 Å². The molecule has 0 saturated heterocycles. The highest BCUT2D eigenvalue weighted by atomic mass is 32.2. The van der Waals surface area contributed by atoms with Crippen molar-refractivity contribution in [3.63, 3.8) is 0 Å². The van der Waals surface area contributed by atoms with Gasteiger partial charge in [0, 0.05) is 24.6 Å². The van der Waals surface area contributed by atoms with Crippen LogP contribution in [-0.4, -0.2) is 18.0 Å². The van der Waals surface area contributed by atoms with Crippen molar-refractivity contribution < 1.29 is 8.42 Å². The van der Waals surface area contributed by atoms with Crippen LogP contribution >= 0.6 is 0 Å². The van der Waals surface area contributed by atoms with Crippen molar-refractivity contribution in [2.24, 2.45) is 0 Å². The van der Waals surface area contributed by atoms with Crippen LogP contribution in [0, 0.1) is 6.92 Å². The van der Waals surface area contributed by atoms with Crippen molar-refractivity contribution in [1.29, 1.82) is 0 Å². The van der Waals surface area contributed by atoms with E-state index in [1.165, 1.54) is 0 Å². The maximum absolute atomic E-state index is 12.1. The first-order chi connectivity index (χ1) is 11.5. The number of nitrogens with one attached hydrogen (secondary N) is 1. The standard InChI is InChI=1S/C18H19N3O2S/c1-15-19-11-12-21(15)18-9-7-16(8-10-18)13-20-24(22,23)14-17-5-3-2-4-6-17/h2-12,20H,13-14H2,1H3. The van der Waals surface area contributed by atoms with Crippen molar-refractivity contribution in [2.75, 3.05) is 0 Å². The lowest BCUT2D eigenvalue weighted by molar-refractivity contribution is 0.580. The molecule has 0 aliphatic carbocycles. The van der Waals surface area contributed by atoms with Gasteiger partial charge in [-0.25, -0.2) is 18.1 Å². The Balaban J connectivity index is 1.63. The third-order valence-corrected chi connectivity index (χ3v) is 5.03. The summed E-state index contributed by atoms with van der Waals surface area (Å²) in [5.41, 5.74) is 2.69. The second kappa shape index (κ2) is 6.98. The quantitative estimate of drug-likeness (QED) is 0.750. The first kappa shape index (κ1) is 16.4. The number of rotatable bonds is 6. The fraction of sp³-hybridized carbons (Fsp3) is 0.167. The highest BCUT2D eigenvalue weighted by Gasteiger charge is 2.11. The number of hydrogen-bond acceptors (Lipinski definition) is 3. The molecule has 6 heteroatoms. The number of aromatic nitrogens is 2. The molecule has 1 N–H and O–H groups in total. The molecule has 0 unspecified atom stereocenters. The van der Waals surface area contributed by atoms with Crippen molar-refractivity contribution in [3.05, 3.63) is 83.9 Å². The van der Waals surface area contributed by atoms with E-state index in [0.717, 1.165) is 22.6 Å². The monoisotopic (exact) mass is 341 g/mol. The molecule has 0 saturated carbocycles. The van der Waals surface area contributed by atoms with Gasteiger partial charge in [-0.1, -0.05) is 42.5 Å². The average Bonchev–Trinajstić information content (AvgIpc) is 3.00. The van der Waals surface area contributed by atoms with Gasteiger partial charge in [0.2, 0.25) is 10.0 Å². The zero-order valence-electron chi connectivity index (χ0n) is 13.4. The predicted molar refractivity (Wildman–Crippen MR) is 94.2 cm³/mol. The minimum absolute atomic E-state index is 0.0137. The Morgan fingerprint density at radius 2 is 1.71 bits per heavy atom. The fourth-order valence-corrected chi connectivity index (χ4v) is 3.58. The summed E-state index contributed by atoms with van der Waals surface area (Å²) in [6.07, 6.45) is 3.65. The van der Waals surface area contributed by atoms with E-state index in [1.54, 1.807) is 6.20 Å². The van der Waals surface area contributed by atoms with E-state index in [4.69, 9.17) is 0 Å². The van der Waals surface area contributed by atoms with Gasteiger partial charge in [-0.05, 0) is 30.2 Å². The Kier molecular flexibility index (Phi) is 4.78. The van der Waals surface area contributed by atoms with Gasteiger partial charge < -0.3 is 4.57 Å². The molecule has 0 radical (unpaired) electrons. The number of imidazole rings is 1. The number of hydrogen-bond donors (Lipinski definition) is 1. The molecule has 3 rings (SSSR count). The van der Waals surface area contributed by atoms with Gasteiger partial charge in [0.15, 0.2) is 0 Å². The lowest BCUT2D eigenvalue weighted by Gasteiger charge is -2.09. The minimum atomic E-state index is -3.36. The van der Waals surface area contributed by atoms with Crippen molar-refractivity contribution >= 4 is 10.0 Å². The van der Waals surface area contributed by atoms with Gasteiger partial charge in [0.05, 0.1) is 5.75 Å². The van der Waals surface area contributed by atoms with Crippen LogP contribution in [0.25, 0.3) is 5.69 Å². The minimum Gasteiger partial charge on any atom is -0.304 e. The molecule has 0 amide bonds. The number of aryl methyl sites for hydroxylation is 1. The molecule has 0 spiro atoms. The molecule has 1 aromatic heterocycles. The smallest absolute Gasteiger partial charge is 0.216 e. The maximum Gasteiger partial charge on any atom is 0.216 e. The average molecular weight is 341 g/mol. The third-order valence-electron chi connectivity index (χ3n) is 3.74. The largest absolute Gasteiger partial charge is 0.304 e. The number of benzene rings is 2. The summed E-state index contributed by atoms with van der Waals surface area (Å²) in [7, 11) is -3.36. The SMILES string of the molecule is Cc1nccn1-c1ccc(CNS(=O)(=O)Cc2ccccc2)cc1. The van der Waals surface area contributed by atoms with E-state index in [1.807, 2.05) is 72.3 Å². The Labute approximate surface area is 142 Å². The first-order valence-corrected chi connectivity index (χ1v) is 9.29. The molecular weight excluding hydrogens is 322 g/mol. The second-order valence-corrected chi connectivity index (χ2v) is 7.38. The van der Waals surface area contributed by atoms with Gasteiger partial charge in [0.25, 0.3) is 0 Å². The molecule has 2 aromatic carbocycles. The molecule has 24 heavy (non-hydrogen) atoms. The molecular formula is C18H19N3O2S. The van der Waals surface area contributed by atoms with Gasteiger partial charge in [-0.2, -0.15) is 0 Å². The van der Waals surface area contributed by atoms with Crippen molar-refractivity contribution in [3.8, 4) is 5.69 Å². The van der Waals surface area contributed by atoms with Crippen LogP contribution in [0.3, 0.4) is 0 Å². The fourth-order valence-electron chi connectivity index (χ4n) is 2.46. The van der Waals surface area contributed by atoms with E-state index in [-0.39, 0.29) is 12.3 Å². The lowest BCUT2D eigenvalue weighted by Crippen LogP contribution is -2.24. The summed E-state index contributed by atoms with van der Waals surface area (Å²) in [5.74, 6) is 0.895. The molecule has 124 valence electrons. The van der Waals surface area contributed by atoms with E-state index in [2.05, 4.69) is 9.71 Å². The van der Waals surface area contributed by atoms with Crippen LogP contribution in [0.4, 0.5) is 0 Å². The summed E-state index contributed by atoms with van der Waals surface area (Å²) in [4.78, 5) is 4.20. The van der Waals surface area contributed by atoms with Gasteiger partial charge >= 0.3 is 0 Å². The third kappa shape index (κ3) is 4.10. The normalized spacial score (nSPS) is 11.5. The molecule has 0 atom stereocenters. The van der Waals surface area contributed by atoms with E-state index in [0.29, 0.717) is 0 Å². The Hall–Kier alpha value is -2.44. The summed E-state index contributed by atoms with van der Waals surface area (Å²) >= 11 is 0. The molecule has 0 aliphatic heterocycles. The van der Waals surface area contributed by atoms with E-state index < -0.39 is 10.0 Å². The second-order valence-electron chi connectivity index (χ2n) is 5.58. The summed E-state index contributed by atoms with van der Waals surface area (Å²) < 4.78 is 28.9. The van der Waals surface area contributed by atoms with Crippen LogP contribution in [0.15, 0.2) is 67.0 Å². The number of sulfonamides is 1. The summed E-state index contributed by atoms with van der Waals surface area (Å²) in [6.45, 7) is 2.21. The highest BCUT2D eigenvalue weighted by Crippen LogP contribution is 2.12. The molecule has 0 fully saturated rings. The zero-order chi connectivity index (χ0) is 17.0. The van der Waals surface area contributed by atoms with Gasteiger partial charge in [0.1, 0.15) is 5.82 Å².